The van der Waals surface area contributed by atoms with Crippen LogP contribution in [0.2, 0.25) is 0 Å². The lowest BCUT2D eigenvalue weighted by Gasteiger charge is -2.19. The number of carbonyl (C=O) groups excluding carboxylic acids is 2. The molecule has 26 heavy (non-hydrogen) atoms. The maximum atomic E-state index is 12.3. The lowest BCUT2D eigenvalue weighted by Crippen LogP contribution is -2.27. The van der Waals surface area contributed by atoms with E-state index in [1.54, 1.807) is 45.0 Å². The highest BCUT2D eigenvalue weighted by atomic mass is 16.6. The molecular formula is C18H19N3O5. The van der Waals surface area contributed by atoms with Crippen LogP contribution in [0.4, 0.5) is 21.9 Å². The van der Waals surface area contributed by atoms with Crippen molar-refractivity contribution in [2.24, 2.45) is 0 Å². The van der Waals surface area contributed by atoms with Gasteiger partial charge in [-0.15, -0.1) is 0 Å². The Morgan fingerprint density at radius 1 is 1.00 bits per heavy atom. The highest BCUT2D eigenvalue weighted by Gasteiger charge is 2.16. The molecule has 0 aliphatic carbocycles. The van der Waals surface area contributed by atoms with E-state index in [1.807, 2.05) is 0 Å². The first-order chi connectivity index (χ1) is 12.1. The summed E-state index contributed by atoms with van der Waals surface area (Å²) in [5.41, 5.74) is 0.228. The van der Waals surface area contributed by atoms with E-state index < -0.39 is 22.5 Å². The van der Waals surface area contributed by atoms with Crippen molar-refractivity contribution < 1.29 is 19.2 Å². The largest absolute Gasteiger partial charge is 0.444 e. The standard InChI is InChI=1S/C18H19N3O5/c1-18(2,3)26-17(23)20-14-8-5-7-13(11-14)19-16(22)12-6-4-9-15(10-12)21(24)25/h4-11H,1-3H3,(H,19,22)(H,20,23). The van der Waals surface area contributed by atoms with E-state index in [-0.39, 0.29) is 11.3 Å². The van der Waals surface area contributed by atoms with Gasteiger partial charge in [0.15, 0.2) is 0 Å². The van der Waals surface area contributed by atoms with Crippen LogP contribution < -0.4 is 10.6 Å². The van der Waals surface area contributed by atoms with Crippen LogP contribution in [0.3, 0.4) is 0 Å². The molecule has 0 aromatic heterocycles. The smallest absolute Gasteiger partial charge is 0.412 e. The Morgan fingerprint density at radius 2 is 1.62 bits per heavy atom. The molecule has 0 atom stereocenters. The molecule has 0 aliphatic rings. The molecule has 2 amide bonds. The summed E-state index contributed by atoms with van der Waals surface area (Å²) < 4.78 is 5.17. The van der Waals surface area contributed by atoms with Gasteiger partial charge in [-0.3, -0.25) is 20.2 Å². The fraction of sp³-hybridized carbons (Fsp3) is 0.222. The summed E-state index contributed by atoms with van der Waals surface area (Å²) >= 11 is 0. The Kier molecular flexibility index (Phi) is 5.56. The first-order valence-corrected chi connectivity index (χ1v) is 7.80. The zero-order valence-electron chi connectivity index (χ0n) is 14.6. The van der Waals surface area contributed by atoms with Crippen LogP contribution >= 0.6 is 0 Å². The van der Waals surface area contributed by atoms with E-state index in [0.717, 1.165) is 0 Å². The van der Waals surface area contributed by atoms with Crippen molar-refractivity contribution in [2.45, 2.75) is 26.4 Å². The molecule has 2 aromatic rings. The van der Waals surface area contributed by atoms with Gasteiger partial charge in [0.25, 0.3) is 11.6 Å². The number of benzene rings is 2. The minimum atomic E-state index is -0.627. The number of amides is 2. The van der Waals surface area contributed by atoms with Crippen LogP contribution in [-0.2, 0) is 4.74 Å². The van der Waals surface area contributed by atoms with Gasteiger partial charge in [-0.05, 0) is 45.0 Å². The molecule has 0 heterocycles. The maximum absolute atomic E-state index is 12.3. The van der Waals surface area contributed by atoms with Crippen LogP contribution in [0.5, 0.6) is 0 Å². The van der Waals surface area contributed by atoms with Crippen molar-refractivity contribution in [3.63, 3.8) is 0 Å². The van der Waals surface area contributed by atoms with Crippen LogP contribution in [0.1, 0.15) is 31.1 Å². The average Bonchev–Trinajstić information content (AvgIpc) is 2.53. The fourth-order valence-corrected chi connectivity index (χ4v) is 2.06. The Morgan fingerprint density at radius 3 is 2.23 bits per heavy atom. The number of nitro benzene ring substituents is 1. The number of nitrogens with zero attached hydrogens (tertiary/aromatic N) is 1. The molecular weight excluding hydrogens is 338 g/mol. The van der Waals surface area contributed by atoms with Crippen LogP contribution in [-0.4, -0.2) is 22.5 Å². The van der Waals surface area contributed by atoms with Crippen molar-refractivity contribution >= 4 is 29.1 Å². The number of anilines is 2. The Labute approximate surface area is 150 Å². The van der Waals surface area contributed by atoms with Gasteiger partial charge >= 0.3 is 6.09 Å². The predicted molar refractivity (Wildman–Crippen MR) is 97.3 cm³/mol. The molecule has 0 saturated carbocycles. The molecule has 2 rings (SSSR count). The number of hydrogen-bond acceptors (Lipinski definition) is 5. The molecule has 2 N–H and O–H groups in total. The van der Waals surface area contributed by atoms with Crippen molar-refractivity contribution in [1.29, 1.82) is 0 Å². The fourth-order valence-electron chi connectivity index (χ4n) is 2.06. The van der Waals surface area contributed by atoms with Crippen molar-refractivity contribution in [2.75, 3.05) is 10.6 Å². The summed E-state index contributed by atoms with van der Waals surface area (Å²) in [6.07, 6.45) is -0.611. The third-order valence-corrected chi connectivity index (χ3v) is 3.08. The Hall–Kier alpha value is -3.42. The van der Waals surface area contributed by atoms with E-state index in [2.05, 4.69) is 10.6 Å². The van der Waals surface area contributed by atoms with Crippen LogP contribution in [0, 0.1) is 10.1 Å². The van der Waals surface area contributed by atoms with Gasteiger partial charge in [-0.25, -0.2) is 4.79 Å². The van der Waals surface area contributed by atoms with Gasteiger partial charge in [0, 0.05) is 29.1 Å². The van der Waals surface area contributed by atoms with Crippen molar-refractivity contribution in [3.05, 3.63) is 64.2 Å². The topological polar surface area (TPSA) is 111 Å². The van der Waals surface area contributed by atoms with Gasteiger partial charge in [0.1, 0.15) is 5.60 Å². The van der Waals surface area contributed by atoms with Crippen molar-refractivity contribution in [1.82, 2.24) is 0 Å². The highest BCUT2D eigenvalue weighted by molar-refractivity contribution is 6.05. The molecule has 8 heteroatoms. The van der Waals surface area contributed by atoms with Gasteiger partial charge in [0.2, 0.25) is 0 Å². The third kappa shape index (κ3) is 5.59. The summed E-state index contributed by atoms with van der Waals surface area (Å²) in [7, 11) is 0. The first kappa shape index (κ1) is 18.9. The summed E-state index contributed by atoms with van der Waals surface area (Å²) in [4.78, 5) is 34.3. The molecule has 0 radical (unpaired) electrons. The number of nitrogens with one attached hydrogen (secondary N) is 2. The normalized spacial score (nSPS) is 10.7. The number of nitro groups is 1. The SMILES string of the molecule is CC(C)(C)OC(=O)Nc1cccc(NC(=O)c2cccc([N+](=O)[O-])c2)c1. The van der Waals surface area contributed by atoms with Crippen LogP contribution in [0.15, 0.2) is 48.5 Å². The zero-order valence-corrected chi connectivity index (χ0v) is 14.6. The Balaban J connectivity index is 2.08. The summed E-state index contributed by atoms with van der Waals surface area (Å²) in [6.45, 7) is 5.26. The number of hydrogen-bond donors (Lipinski definition) is 2. The zero-order chi connectivity index (χ0) is 19.3. The highest BCUT2D eigenvalue weighted by Crippen LogP contribution is 2.19. The molecule has 0 unspecified atom stereocenters. The first-order valence-electron chi connectivity index (χ1n) is 7.80. The second-order valence-electron chi connectivity index (χ2n) is 6.47. The van der Waals surface area contributed by atoms with Gasteiger partial charge in [-0.1, -0.05) is 12.1 Å². The summed E-state index contributed by atoms with van der Waals surface area (Å²) in [5, 5.41) is 16.0. The van der Waals surface area contributed by atoms with E-state index >= 15 is 0 Å². The molecule has 0 saturated heterocycles. The second kappa shape index (κ2) is 7.64. The summed E-state index contributed by atoms with van der Waals surface area (Å²) in [6, 6.07) is 11.9. The second-order valence-corrected chi connectivity index (χ2v) is 6.47. The Bertz CT molecular complexity index is 843. The predicted octanol–water partition coefficient (Wildman–Crippen LogP) is 4.19. The average molecular weight is 357 g/mol. The van der Waals surface area contributed by atoms with Crippen LogP contribution in [0.25, 0.3) is 0 Å². The van der Waals surface area contributed by atoms with Crippen molar-refractivity contribution in [3.8, 4) is 0 Å². The van der Waals surface area contributed by atoms with Gasteiger partial charge in [0.05, 0.1) is 4.92 Å². The molecule has 0 aliphatic heterocycles. The lowest BCUT2D eigenvalue weighted by atomic mass is 10.2. The molecule has 0 fully saturated rings. The number of non-ortho nitro benzene ring substituents is 1. The van der Waals surface area contributed by atoms with E-state index in [0.29, 0.717) is 11.4 Å². The quantitative estimate of drug-likeness (QED) is 0.629. The molecule has 0 bridgehead atoms. The monoisotopic (exact) mass is 357 g/mol. The summed E-state index contributed by atoms with van der Waals surface area (Å²) in [5.74, 6) is -0.497. The minimum absolute atomic E-state index is 0.157. The number of carbonyl (C=O) groups is 2. The molecule has 8 nitrogen and oxygen atoms in total. The maximum Gasteiger partial charge on any atom is 0.412 e. The van der Waals surface area contributed by atoms with Gasteiger partial charge in [-0.2, -0.15) is 0 Å². The number of ether oxygens (including phenoxy) is 1. The minimum Gasteiger partial charge on any atom is -0.444 e. The molecule has 0 spiro atoms. The lowest BCUT2D eigenvalue weighted by molar-refractivity contribution is -0.384. The molecule has 2 aromatic carbocycles. The molecule has 136 valence electrons. The van der Waals surface area contributed by atoms with Gasteiger partial charge < -0.3 is 10.1 Å². The number of rotatable bonds is 4. The van der Waals surface area contributed by atoms with E-state index in [1.165, 1.54) is 24.3 Å². The van der Waals surface area contributed by atoms with E-state index in [9.17, 15) is 19.7 Å². The third-order valence-electron chi connectivity index (χ3n) is 3.08. The van der Waals surface area contributed by atoms with E-state index in [4.69, 9.17) is 4.74 Å².